The zero-order valence-corrected chi connectivity index (χ0v) is 16.2. The van der Waals surface area contributed by atoms with Gasteiger partial charge in [0.25, 0.3) is 0 Å². The third-order valence-corrected chi connectivity index (χ3v) is 4.49. The largest absolute Gasteiger partial charge is 0.478 e. The fourth-order valence-electron chi connectivity index (χ4n) is 3.19. The number of nitrogens with zero attached hydrogens (tertiary/aromatic N) is 4. The quantitative estimate of drug-likeness (QED) is 0.625. The Kier molecular flexibility index (Phi) is 5.45. The van der Waals surface area contributed by atoms with E-state index in [0.29, 0.717) is 27.8 Å². The fraction of sp³-hybridized carbons (Fsp3) is 0.0870. The van der Waals surface area contributed by atoms with Crippen LogP contribution in [0.5, 0.6) is 0 Å². The van der Waals surface area contributed by atoms with E-state index in [1.54, 1.807) is 48.5 Å². The van der Waals surface area contributed by atoms with Crippen molar-refractivity contribution in [2.24, 2.45) is 0 Å². The number of aromatic nitrogens is 1. The van der Waals surface area contributed by atoms with Crippen molar-refractivity contribution in [2.75, 3.05) is 5.32 Å². The first-order valence-corrected chi connectivity index (χ1v) is 8.85. The number of carboxylic acid groups (broad SMARTS) is 1. The summed E-state index contributed by atoms with van der Waals surface area (Å²) >= 11 is 0. The van der Waals surface area contributed by atoms with E-state index in [1.165, 1.54) is 6.07 Å². The number of anilines is 1. The van der Waals surface area contributed by atoms with Crippen LogP contribution in [0, 0.1) is 47.8 Å². The van der Waals surface area contributed by atoms with E-state index < -0.39 is 5.97 Å². The number of hydrogen-bond donors (Lipinski definition) is 2. The van der Waals surface area contributed by atoms with Gasteiger partial charge in [0.2, 0.25) is 0 Å². The summed E-state index contributed by atoms with van der Waals surface area (Å²) in [5, 5.41) is 40.2. The number of allylic oxidation sites excluding steroid dienone is 2. The van der Waals surface area contributed by atoms with Crippen molar-refractivity contribution in [3.63, 3.8) is 0 Å². The van der Waals surface area contributed by atoms with Gasteiger partial charge in [-0.3, -0.25) is 0 Å². The molecule has 0 bridgehead atoms. The van der Waals surface area contributed by atoms with Crippen molar-refractivity contribution >= 4 is 22.6 Å². The van der Waals surface area contributed by atoms with Crippen molar-refractivity contribution in [3.8, 4) is 29.5 Å². The molecule has 1 heterocycles. The van der Waals surface area contributed by atoms with Gasteiger partial charge in [-0.2, -0.15) is 15.8 Å². The molecular formula is C23H15N5O2. The number of carbonyl (C=O) groups is 1. The highest BCUT2D eigenvalue weighted by molar-refractivity contribution is 6.04. The van der Waals surface area contributed by atoms with Crippen LogP contribution in [0.4, 0.5) is 5.69 Å². The standard InChI is InChI=1S/C23H15N5O2/c1-13-6-14(2)22-18(7-13)19(23(29)30)9-20(28-22)15-4-3-5-17(8-15)27-21(12-26)16(10-24)11-25/h3-9,27H,1-2H3,(H,29,30). The molecule has 30 heavy (non-hydrogen) atoms. The Bertz CT molecular complexity index is 1330. The summed E-state index contributed by atoms with van der Waals surface area (Å²) in [6.07, 6.45) is 0. The average Bonchev–Trinajstić information content (AvgIpc) is 2.73. The maximum absolute atomic E-state index is 11.9. The van der Waals surface area contributed by atoms with E-state index in [4.69, 9.17) is 10.5 Å². The van der Waals surface area contributed by atoms with E-state index in [1.807, 2.05) is 19.9 Å². The second-order valence-electron chi connectivity index (χ2n) is 6.63. The molecule has 0 aliphatic heterocycles. The Labute approximate surface area is 172 Å². The van der Waals surface area contributed by atoms with E-state index in [0.717, 1.165) is 11.1 Å². The van der Waals surface area contributed by atoms with Crippen LogP contribution in [0.25, 0.3) is 22.2 Å². The second-order valence-corrected chi connectivity index (χ2v) is 6.63. The summed E-state index contributed by atoms with van der Waals surface area (Å²) in [6, 6.07) is 17.2. The minimum Gasteiger partial charge on any atom is -0.478 e. The van der Waals surface area contributed by atoms with Crippen LogP contribution in [0.2, 0.25) is 0 Å². The van der Waals surface area contributed by atoms with Gasteiger partial charge in [-0.15, -0.1) is 0 Å². The molecule has 3 rings (SSSR count). The van der Waals surface area contributed by atoms with Gasteiger partial charge in [0.15, 0.2) is 5.57 Å². The predicted molar refractivity (Wildman–Crippen MR) is 111 cm³/mol. The highest BCUT2D eigenvalue weighted by atomic mass is 16.4. The normalized spacial score (nSPS) is 9.83. The lowest BCUT2D eigenvalue weighted by Gasteiger charge is -2.11. The summed E-state index contributed by atoms with van der Waals surface area (Å²) in [6.45, 7) is 3.78. The molecular weight excluding hydrogens is 378 g/mol. The molecule has 0 amide bonds. The summed E-state index contributed by atoms with van der Waals surface area (Å²) in [4.78, 5) is 16.5. The molecule has 0 saturated heterocycles. The van der Waals surface area contributed by atoms with Crippen LogP contribution in [-0.2, 0) is 0 Å². The lowest BCUT2D eigenvalue weighted by molar-refractivity contribution is 0.0699. The molecule has 2 aromatic carbocycles. The van der Waals surface area contributed by atoms with Crippen molar-refractivity contribution in [1.29, 1.82) is 15.8 Å². The molecule has 0 unspecified atom stereocenters. The van der Waals surface area contributed by atoms with Gasteiger partial charge in [0, 0.05) is 16.6 Å². The number of hydrogen-bond acceptors (Lipinski definition) is 6. The highest BCUT2D eigenvalue weighted by Gasteiger charge is 2.15. The summed E-state index contributed by atoms with van der Waals surface area (Å²) in [5.74, 6) is -1.05. The molecule has 7 nitrogen and oxygen atoms in total. The van der Waals surface area contributed by atoms with Gasteiger partial charge in [-0.25, -0.2) is 9.78 Å². The molecule has 0 aliphatic rings. The first-order chi connectivity index (χ1) is 14.4. The van der Waals surface area contributed by atoms with Crippen molar-refractivity contribution in [2.45, 2.75) is 13.8 Å². The number of fused-ring (bicyclic) bond motifs is 1. The average molecular weight is 393 g/mol. The molecule has 0 fully saturated rings. The number of nitriles is 3. The molecule has 0 atom stereocenters. The SMILES string of the molecule is Cc1cc(C)c2nc(-c3cccc(NC(C#N)=C(C#N)C#N)c3)cc(C(=O)O)c2c1. The minimum atomic E-state index is -1.05. The van der Waals surface area contributed by atoms with Crippen LogP contribution in [-0.4, -0.2) is 16.1 Å². The van der Waals surface area contributed by atoms with Crippen LogP contribution in [0.15, 0.2) is 53.7 Å². The molecule has 2 N–H and O–H groups in total. The summed E-state index contributed by atoms with van der Waals surface area (Å²) in [5.41, 5.74) is 3.61. The van der Waals surface area contributed by atoms with Crippen LogP contribution < -0.4 is 5.32 Å². The van der Waals surface area contributed by atoms with E-state index in [-0.39, 0.29) is 16.8 Å². The first-order valence-electron chi connectivity index (χ1n) is 8.85. The lowest BCUT2D eigenvalue weighted by atomic mass is 9.99. The van der Waals surface area contributed by atoms with Gasteiger partial charge in [-0.1, -0.05) is 23.8 Å². The Morgan fingerprint density at radius 2 is 1.77 bits per heavy atom. The zero-order chi connectivity index (χ0) is 21.8. The van der Waals surface area contributed by atoms with Crippen molar-refractivity contribution < 1.29 is 9.90 Å². The number of nitrogens with one attached hydrogen (secondary N) is 1. The fourth-order valence-corrected chi connectivity index (χ4v) is 3.19. The number of rotatable bonds is 4. The monoisotopic (exact) mass is 393 g/mol. The lowest BCUT2D eigenvalue weighted by Crippen LogP contribution is -2.03. The maximum atomic E-state index is 11.9. The molecule has 1 aromatic heterocycles. The topological polar surface area (TPSA) is 134 Å². The van der Waals surface area contributed by atoms with Crippen molar-refractivity contribution in [1.82, 2.24) is 4.98 Å². The van der Waals surface area contributed by atoms with E-state index in [9.17, 15) is 15.2 Å². The third kappa shape index (κ3) is 3.80. The molecule has 7 heteroatoms. The van der Waals surface area contributed by atoms with Crippen LogP contribution >= 0.6 is 0 Å². The number of aromatic carboxylic acids is 1. The van der Waals surface area contributed by atoms with E-state index >= 15 is 0 Å². The Morgan fingerprint density at radius 3 is 2.40 bits per heavy atom. The molecule has 0 saturated carbocycles. The first kappa shape index (κ1) is 20.1. The summed E-state index contributed by atoms with van der Waals surface area (Å²) < 4.78 is 0. The number of pyridine rings is 1. The molecule has 0 spiro atoms. The molecule has 3 aromatic rings. The molecule has 0 aliphatic carbocycles. The van der Waals surface area contributed by atoms with Crippen LogP contribution in [0.3, 0.4) is 0 Å². The Morgan fingerprint density at radius 1 is 1.03 bits per heavy atom. The van der Waals surface area contributed by atoms with Gasteiger partial charge >= 0.3 is 5.97 Å². The predicted octanol–water partition coefficient (Wildman–Crippen LogP) is 4.45. The number of aryl methyl sites for hydroxylation is 2. The maximum Gasteiger partial charge on any atom is 0.336 e. The molecule has 0 radical (unpaired) electrons. The third-order valence-electron chi connectivity index (χ3n) is 4.49. The molecule has 144 valence electrons. The van der Waals surface area contributed by atoms with E-state index in [2.05, 4.69) is 10.3 Å². The Balaban J connectivity index is 2.16. The second kappa shape index (κ2) is 8.14. The van der Waals surface area contributed by atoms with Gasteiger partial charge in [0.1, 0.15) is 23.9 Å². The van der Waals surface area contributed by atoms with Crippen molar-refractivity contribution in [3.05, 3.63) is 70.4 Å². The zero-order valence-electron chi connectivity index (χ0n) is 16.2. The van der Waals surface area contributed by atoms with Crippen LogP contribution in [0.1, 0.15) is 21.5 Å². The van der Waals surface area contributed by atoms with Gasteiger partial charge < -0.3 is 10.4 Å². The minimum absolute atomic E-state index is 0.147. The number of benzene rings is 2. The highest BCUT2D eigenvalue weighted by Crippen LogP contribution is 2.29. The summed E-state index contributed by atoms with van der Waals surface area (Å²) in [7, 11) is 0. The smallest absolute Gasteiger partial charge is 0.336 e. The van der Waals surface area contributed by atoms with Gasteiger partial charge in [0.05, 0.1) is 16.8 Å². The number of carboxylic acids is 1. The van der Waals surface area contributed by atoms with Gasteiger partial charge in [-0.05, 0) is 43.7 Å². The Hall–Kier alpha value is -4.67.